The maximum Gasteiger partial charge on any atom is 0.454 e. The monoisotopic (exact) mass is 358 g/mol. The van der Waals surface area contributed by atoms with Crippen molar-refractivity contribution < 1.29 is 22.8 Å². The number of thioether (sulfide) groups is 1. The lowest BCUT2D eigenvalue weighted by Crippen LogP contribution is -2.37. The van der Waals surface area contributed by atoms with Crippen molar-refractivity contribution in [2.75, 3.05) is 18.1 Å². The van der Waals surface area contributed by atoms with Gasteiger partial charge in [-0.2, -0.15) is 13.2 Å². The molecule has 4 nitrogen and oxygen atoms in total. The van der Waals surface area contributed by atoms with Crippen LogP contribution in [0.15, 0.2) is 41.4 Å². The Labute approximate surface area is 142 Å². The lowest BCUT2D eigenvalue weighted by Gasteiger charge is -2.22. The fourth-order valence-corrected chi connectivity index (χ4v) is 3.02. The summed E-state index contributed by atoms with van der Waals surface area (Å²) in [6.07, 6.45) is -0.275. The number of amides is 1. The molecule has 0 spiro atoms. The summed E-state index contributed by atoms with van der Waals surface area (Å²) in [4.78, 5) is 25.7. The van der Waals surface area contributed by atoms with Crippen LogP contribution in [-0.4, -0.2) is 41.6 Å². The van der Waals surface area contributed by atoms with E-state index in [0.717, 1.165) is 11.1 Å². The molecule has 1 aliphatic rings. The van der Waals surface area contributed by atoms with Crippen molar-refractivity contribution >= 4 is 29.1 Å². The minimum absolute atomic E-state index is 0.293. The summed E-state index contributed by atoms with van der Waals surface area (Å²) >= 11 is 1.49. The second-order valence-electron chi connectivity index (χ2n) is 5.26. The van der Waals surface area contributed by atoms with Crippen LogP contribution in [0.25, 0.3) is 0 Å². The molecule has 1 N–H and O–H groups in total. The Morgan fingerprint density at radius 2 is 2.04 bits per heavy atom. The Hall–Kier alpha value is -1.96. The first-order chi connectivity index (χ1) is 11.3. The van der Waals surface area contributed by atoms with Crippen molar-refractivity contribution in [3.05, 3.63) is 36.5 Å². The Morgan fingerprint density at radius 3 is 2.71 bits per heavy atom. The third-order valence-corrected chi connectivity index (χ3v) is 4.45. The Bertz CT molecular complexity index is 646. The smallest absolute Gasteiger partial charge is 0.365 e. The minimum Gasteiger partial charge on any atom is -0.365 e. The Morgan fingerprint density at radius 1 is 1.33 bits per heavy atom. The van der Waals surface area contributed by atoms with Gasteiger partial charge in [-0.25, -0.2) is 0 Å². The van der Waals surface area contributed by atoms with E-state index in [0.29, 0.717) is 31.1 Å². The molecular weight excluding hydrogens is 341 g/mol. The number of rotatable bonds is 5. The zero-order valence-corrected chi connectivity index (χ0v) is 13.8. The summed E-state index contributed by atoms with van der Waals surface area (Å²) in [5.41, 5.74) is 0.664. The van der Waals surface area contributed by atoms with Gasteiger partial charge in [0, 0.05) is 23.7 Å². The summed E-state index contributed by atoms with van der Waals surface area (Å²) in [5.74, 6) is -2.22. The number of likely N-dealkylation sites (tertiary alicyclic amines) is 1. The van der Waals surface area contributed by atoms with Gasteiger partial charge >= 0.3 is 6.18 Å². The zero-order chi connectivity index (χ0) is 17.7. The largest absolute Gasteiger partial charge is 0.454 e. The van der Waals surface area contributed by atoms with Crippen LogP contribution in [0.5, 0.6) is 0 Å². The topological polar surface area (TPSA) is 49.4 Å². The van der Waals surface area contributed by atoms with Gasteiger partial charge in [-0.15, -0.1) is 11.8 Å². The molecule has 0 unspecified atom stereocenters. The first-order valence-electron chi connectivity index (χ1n) is 7.32. The number of allylic oxidation sites excluding steroid dienone is 1. The molecule has 0 radical (unpaired) electrons. The predicted octanol–water partition coefficient (Wildman–Crippen LogP) is 3.46. The molecule has 1 atom stereocenters. The Kier molecular flexibility index (Phi) is 5.93. The van der Waals surface area contributed by atoms with Gasteiger partial charge in [0.05, 0.1) is 5.69 Å². The SMILES string of the molecule is CSc1ccccc1NC(=O)[C@@H]1CCCN1/C=C/C(=O)C(F)(F)F. The summed E-state index contributed by atoms with van der Waals surface area (Å²) < 4.78 is 36.7. The first-order valence-corrected chi connectivity index (χ1v) is 8.54. The minimum atomic E-state index is -4.90. The van der Waals surface area contributed by atoms with Gasteiger partial charge in [-0.1, -0.05) is 12.1 Å². The molecule has 1 heterocycles. The van der Waals surface area contributed by atoms with Crippen molar-refractivity contribution in [1.29, 1.82) is 0 Å². The molecule has 1 fully saturated rings. The molecule has 0 aliphatic carbocycles. The molecule has 1 aromatic rings. The highest BCUT2D eigenvalue weighted by Gasteiger charge is 2.37. The van der Waals surface area contributed by atoms with Crippen LogP contribution in [0.2, 0.25) is 0 Å². The summed E-state index contributed by atoms with van der Waals surface area (Å²) in [6, 6.07) is 6.70. The van der Waals surface area contributed by atoms with E-state index in [9.17, 15) is 22.8 Å². The van der Waals surface area contributed by atoms with Gasteiger partial charge in [-0.05, 0) is 31.2 Å². The number of alkyl halides is 3. The molecule has 1 aromatic carbocycles. The van der Waals surface area contributed by atoms with Gasteiger partial charge in [-0.3, -0.25) is 9.59 Å². The molecule has 24 heavy (non-hydrogen) atoms. The number of halogens is 3. The molecule has 1 amide bonds. The van der Waals surface area contributed by atoms with Gasteiger partial charge in [0.1, 0.15) is 6.04 Å². The van der Waals surface area contributed by atoms with E-state index >= 15 is 0 Å². The van der Waals surface area contributed by atoms with Crippen molar-refractivity contribution in [1.82, 2.24) is 4.90 Å². The fraction of sp³-hybridized carbons (Fsp3) is 0.375. The van der Waals surface area contributed by atoms with Gasteiger partial charge < -0.3 is 10.2 Å². The van der Waals surface area contributed by atoms with Gasteiger partial charge in [0.25, 0.3) is 5.78 Å². The average molecular weight is 358 g/mol. The third kappa shape index (κ3) is 4.53. The molecular formula is C16H17F3N2O2S. The van der Waals surface area contributed by atoms with Crippen LogP contribution in [0.3, 0.4) is 0 Å². The van der Waals surface area contributed by atoms with Crippen LogP contribution in [0, 0.1) is 0 Å². The number of benzene rings is 1. The molecule has 1 aliphatic heterocycles. The standard InChI is InChI=1S/C16H17F3N2O2S/c1-24-13-7-3-2-5-11(13)20-15(23)12-6-4-9-21(12)10-8-14(22)16(17,18)19/h2-3,5,7-8,10,12H,4,6,9H2,1H3,(H,20,23)/b10-8+/t12-/m0/s1. The number of ketones is 1. The first kappa shape index (κ1) is 18.4. The maximum atomic E-state index is 12.4. The highest BCUT2D eigenvalue weighted by Crippen LogP contribution is 2.26. The summed E-state index contributed by atoms with van der Waals surface area (Å²) in [6.45, 7) is 0.434. The van der Waals surface area contributed by atoms with Gasteiger partial charge in [0.15, 0.2) is 0 Å². The van der Waals surface area contributed by atoms with E-state index in [1.807, 2.05) is 18.4 Å². The summed E-state index contributed by atoms with van der Waals surface area (Å²) in [5, 5.41) is 2.81. The third-order valence-electron chi connectivity index (χ3n) is 3.66. The number of carbonyl (C=O) groups is 2. The number of carbonyl (C=O) groups excluding carboxylic acids is 2. The van der Waals surface area contributed by atoms with Gasteiger partial charge in [0.2, 0.25) is 5.91 Å². The van der Waals surface area contributed by atoms with E-state index in [2.05, 4.69) is 5.32 Å². The molecule has 0 aromatic heterocycles. The van der Waals surface area contributed by atoms with E-state index < -0.39 is 18.0 Å². The molecule has 2 rings (SSSR count). The maximum absolute atomic E-state index is 12.4. The number of hydrogen-bond acceptors (Lipinski definition) is 4. The molecule has 0 saturated carbocycles. The fourth-order valence-electron chi connectivity index (χ4n) is 2.47. The highest BCUT2D eigenvalue weighted by atomic mass is 32.2. The molecule has 0 bridgehead atoms. The number of para-hydroxylation sites is 1. The van der Waals surface area contributed by atoms with Crippen LogP contribution in [0.1, 0.15) is 12.8 Å². The highest BCUT2D eigenvalue weighted by molar-refractivity contribution is 7.98. The number of nitrogens with one attached hydrogen (secondary N) is 1. The lowest BCUT2D eigenvalue weighted by atomic mass is 10.2. The van der Waals surface area contributed by atoms with Crippen LogP contribution >= 0.6 is 11.8 Å². The van der Waals surface area contributed by atoms with Crippen LogP contribution in [-0.2, 0) is 9.59 Å². The molecule has 130 valence electrons. The van der Waals surface area contributed by atoms with Crippen LogP contribution in [0.4, 0.5) is 18.9 Å². The van der Waals surface area contributed by atoms with E-state index in [1.54, 1.807) is 12.1 Å². The normalized spacial score (nSPS) is 18.2. The second kappa shape index (κ2) is 7.74. The summed E-state index contributed by atoms with van der Waals surface area (Å²) in [7, 11) is 0. The zero-order valence-electron chi connectivity index (χ0n) is 13.0. The van der Waals surface area contributed by atoms with E-state index in [-0.39, 0.29) is 5.91 Å². The quantitative estimate of drug-likeness (QED) is 0.647. The number of anilines is 1. The molecule has 8 heteroatoms. The van der Waals surface area contributed by atoms with Crippen molar-refractivity contribution in [2.24, 2.45) is 0 Å². The van der Waals surface area contributed by atoms with E-state index in [1.165, 1.54) is 16.7 Å². The van der Waals surface area contributed by atoms with Crippen LogP contribution < -0.4 is 5.32 Å². The average Bonchev–Trinajstić information content (AvgIpc) is 3.00. The lowest BCUT2D eigenvalue weighted by molar-refractivity contribution is -0.165. The van der Waals surface area contributed by atoms with Crippen molar-refractivity contribution in [2.45, 2.75) is 30.0 Å². The number of nitrogens with zero attached hydrogens (tertiary/aromatic N) is 1. The van der Waals surface area contributed by atoms with Crippen molar-refractivity contribution in [3.8, 4) is 0 Å². The Balaban J connectivity index is 2.06. The predicted molar refractivity (Wildman–Crippen MR) is 86.8 cm³/mol. The second-order valence-corrected chi connectivity index (χ2v) is 6.11. The van der Waals surface area contributed by atoms with E-state index in [4.69, 9.17) is 0 Å². The number of hydrogen-bond donors (Lipinski definition) is 1. The van der Waals surface area contributed by atoms with Crippen molar-refractivity contribution in [3.63, 3.8) is 0 Å². The molecule has 1 saturated heterocycles.